The minimum Gasteiger partial charge on any atom is -0.546 e. The molecular weight excluding hydrogens is 287 g/mol. The minimum absolute atomic E-state index is 0.298. The molecule has 0 fully saturated rings. The predicted molar refractivity (Wildman–Crippen MR) is 74.6 cm³/mol. The molecule has 1 aromatic rings. The number of aliphatic carboxylic acids is 1. The zero-order valence-corrected chi connectivity index (χ0v) is 12.3. The highest BCUT2D eigenvalue weighted by molar-refractivity contribution is 6.35. The van der Waals surface area contributed by atoms with Gasteiger partial charge in [0.15, 0.2) is 0 Å². The van der Waals surface area contributed by atoms with Crippen LogP contribution in [0.5, 0.6) is 5.75 Å². The molecule has 0 bridgehead atoms. The Bertz CT molecular complexity index is 421. The highest BCUT2D eigenvalue weighted by atomic mass is 35.5. The quantitative estimate of drug-likeness (QED) is 0.691. The van der Waals surface area contributed by atoms with Crippen molar-refractivity contribution >= 4 is 29.2 Å². The summed E-state index contributed by atoms with van der Waals surface area (Å²) >= 11 is 11.7. The Morgan fingerprint density at radius 3 is 2.63 bits per heavy atom. The fourth-order valence-corrected chi connectivity index (χ4v) is 2.16. The first-order valence-electron chi connectivity index (χ1n) is 6.37. The van der Waals surface area contributed by atoms with Crippen LogP contribution >= 0.6 is 23.2 Å². The Kier molecular flexibility index (Phi) is 7.03. The van der Waals surface area contributed by atoms with Crippen molar-refractivity contribution in [1.29, 1.82) is 0 Å². The summed E-state index contributed by atoms with van der Waals surface area (Å²) in [5, 5.41) is 11.8. The molecule has 0 radical (unpaired) electrons. The van der Waals surface area contributed by atoms with E-state index >= 15 is 0 Å². The third-order valence-electron chi connectivity index (χ3n) is 2.75. The average Bonchev–Trinajstić information content (AvgIpc) is 2.35. The first kappa shape index (κ1) is 16.1. The second kappa shape index (κ2) is 8.28. The van der Waals surface area contributed by atoms with Crippen molar-refractivity contribution in [3.63, 3.8) is 0 Å². The van der Waals surface area contributed by atoms with E-state index in [4.69, 9.17) is 27.9 Å². The summed E-state index contributed by atoms with van der Waals surface area (Å²) in [6.45, 7) is 2.10. The van der Waals surface area contributed by atoms with Crippen molar-refractivity contribution in [3.8, 4) is 5.75 Å². The minimum atomic E-state index is -1.22. The predicted octanol–water partition coefficient (Wildman–Crippen LogP) is 3.46. The van der Waals surface area contributed by atoms with Crippen LogP contribution in [0.4, 0.5) is 0 Å². The monoisotopic (exact) mass is 303 g/mol. The van der Waals surface area contributed by atoms with Gasteiger partial charge in [-0.05, 0) is 31.0 Å². The molecule has 1 unspecified atom stereocenters. The summed E-state index contributed by atoms with van der Waals surface area (Å²) in [7, 11) is 0. The molecule has 0 heterocycles. The van der Waals surface area contributed by atoms with Crippen LogP contribution in [0.15, 0.2) is 18.2 Å². The largest absolute Gasteiger partial charge is 0.546 e. The van der Waals surface area contributed by atoms with Crippen molar-refractivity contribution in [2.75, 3.05) is 0 Å². The van der Waals surface area contributed by atoms with E-state index < -0.39 is 12.1 Å². The fraction of sp³-hybridized carbons (Fsp3) is 0.500. The molecule has 106 valence electrons. The number of carbonyl (C=O) groups excluding carboxylic acids is 1. The Morgan fingerprint density at radius 2 is 2.05 bits per heavy atom. The van der Waals surface area contributed by atoms with Crippen molar-refractivity contribution < 1.29 is 14.6 Å². The van der Waals surface area contributed by atoms with Crippen molar-refractivity contribution in [2.45, 2.75) is 45.1 Å². The molecule has 0 aliphatic rings. The van der Waals surface area contributed by atoms with E-state index in [1.807, 2.05) is 0 Å². The van der Waals surface area contributed by atoms with Crippen molar-refractivity contribution in [2.24, 2.45) is 0 Å². The molecule has 0 aromatic heterocycles. The molecule has 19 heavy (non-hydrogen) atoms. The number of unbranched alkanes of at least 4 members (excludes halogenated alkanes) is 3. The SMILES string of the molecule is CCCCCCC(Oc1ccc(Cl)cc1Cl)C(=O)[O-]. The second-order valence-corrected chi connectivity index (χ2v) is 5.19. The first-order chi connectivity index (χ1) is 9.04. The lowest BCUT2D eigenvalue weighted by Crippen LogP contribution is -2.39. The number of carbonyl (C=O) groups is 1. The number of benzene rings is 1. The van der Waals surface area contributed by atoms with E-state index in [1.54, 1.807) is 12.1 Å². The van der Waals surface area contributed by atoms with Crippen LogP contribution in [0.25, 0.3) is 0 Å². The van der Waals surface area contributed by atoms with Gasteiger partial charge < -0.3 is 14.6 Å². The van der Waals surface area contributed by atoms with Gasteiger partial charge in [-0.1, -0.05) is 49.4 Å². The summed E-state index contributed by atoms with van der Waals surface area (Å²) in [4.78, 5) is 11.0. The van der Waals surface area contributed by atoms with E-state index in [-0.39, 0.29) is 0 Å². The van der Waals surface area contributed by atoms with E-state index in [2.05, 4.69) is 6.92 Å². The number of ether oxygens (including phenoxy) is 1. The van der Waals surface area contributed by atoms with Crippen LogP contribution in [-0.2, 0) is 4.79 Å². The number of carboxylic acid groups (broad SMARTS) is 1. The number of carboxylic acids is 1. The Labute approximate surface area is 123 Å². The molecule has 1 rings (SSSR count). The van der Waals surface area contributed by atoms with Crippen molar-refractivity contribution in [1.82, 2.24) is 0 Å². The van der Waals surface area contributed by atoms with Crippen molar-refractivity contribution in [3.05, 3.63) is 28.2 Å². The van der Waals surface area contributed by atoms with Gasteiger partial charge in [0.2, 0.25) is 0 Å². The molecule has 1 aromatic carbocycles. The summed E-state index contributed by atoms with van der Waals surface area (Å²) in [5.74, 6) is -0.904. The molecule has 0 aliphatic heterocycles. The highest BCUT2D eigenvalue weighted by Crippen LogP contribution is 2.28. The zero-order chi connectivity index (χ0) is 14.3. The van der Waals surface area contributed by atoms with Crippen LogP contribution in [0, 0.1) is 0 Å². The third-order valence-corrected chi connectivity index (χ3v) is 3.28. The van der Waals surface area contributed by atoms with Gasteiger partial charge in [-0.25, -0.2) is 0 Å². The Balaban J connectivity index is 2.60. The lowest BCUT2D eigenvalue weighted by molar-refractivity contribution is -0.313. The summed E-state index contributed by atoms with van der Waals surface area (Å²) in [6.07, 6.45) is 3.40. The van der Waals surface area contributed by atoms with Crippen LogP contribution < -0.4 is 9.84 Å². The van der Waals surface area contributed by atoms with Crippen LogP contribution in [0.1, 0.15) is 39.0 Å². The van der Waals surface area contributed by atoms with E-state index in [9.17, 15) is 9.90 Å². The van der Waals surface area contributed by atoms with Gasteiger partial charge >= 0.3 is 0 Å². The smallest absolute Gasteiger partial charge is 0.139 e. The van der Waals surface area contributed by atoms with E-state index in [0.717, 1.165) is 25.7 Å². The Hall–Kier alpha value is -0.930. The standard InChI is InChI=1S/C14H18Cl2O3/c1-2-3-4-5-6-13(14(17)18)19-12-8-7-10(15)9-11(12)16/h7-9,13H,2-6H2,1H3,(H,17,18)/p-1. The van der Waals surface area contributed by atoms with Gasteiger partial charge in [0.05, 0.1) is 11.0 Å². The van der Waals surface area contributed by atoms with E-state index in [0.29, 0.717) is 22.2 Å². The zero-order valence-electron chi connectivity index (χ0n) is 10.8. The fourth-order valence-electron chi connectivity index (χ4n) is 1.71. The number of hydrogen-bond donors (Lipinski definition) is 0. The van der Waals surface area contributed by atoms with Gasteiger partial charge in [-0.2, -0.15) is 0 Å². The van der Waals surface area contributed by atoms with Gasteiger partial charge in [0.1, 0.15) is 11.9 Å². The molecule has 0 spiro atoms. The normalized spacial score (nSPS) is 12.2. The van der Waals surface area contributed by atoms with Crippen LogP contribution in [0.2, 0.25) is 10.0 Å². The molecule has 0 saturated heterocycles. The van der Waals surface area contributed by atoms with Gasteiger partial charge in [0.25, 0.3) is 0 Å². The van der Waals surface area contributed by atoms with Gasteiger partial charge in [0, 0.05) is 5.02 Å². The lowest BCUT2D eigenvalue weighted by atomic mass is 10.1. The van der Waals surface area contributed by atoms with Gasteiger partial charge in [-0.15, -0.1) is 0 Å². The van der Waals surface area contributed by atoms with Crippen LogP contribution in [0.3, 0.4) is 0 Å². The molecule has 5 heteroatoms. The summed E-state index contributed by atoms with van der Waals surface area (Å²) in [5.41, 5.74) is 0. The number of hydrogen-bond acceptors (Lipinski definition) is 3. The summed E-state index contributed by atoms with van der Waals surface area (Å²) in [6, 6.07) is 4.68. The number of rotatable bonds is 8. The second-order valence-electron chi connectivity index (χ2n) is 4.35. The molecule has 3 nitrogen and oxygen atoms in total. The summed E-state index contributed by atoms with van der Waals surface area (Å²) < 4.78 is 5.39. The van der Waals surface area contributed by atoms with E-state index in [1.165, 1.54) is 6.07 Å². The Morgan fingerprint density at radius 1 is 1.32 bits per heavy atom. The third kappa shape index (κ3) is 5.70. The maximum absolute atomic E-state index is 11.0. The topological polar surface area (TPSA) is 49.4 Å². The molecular formula is C14H17Cl2O3-. The van der Waals surface area contributed by atoms with Gasteiger partial charge in [-0.3, -0.25) is 0 Å². The molecule has 1 atom stereocenters. The lowest BCUT2D eigenvalue weighted by Gasteiger charge is -2.20. The number of halogens is 2. The molecule has 0 N–H and O–H groups in total. The maximum Gasteiger partial charge on any atom is 0.139 e. The molecule has 0 amide bonds. The molecule has 0 aliphatic carbocycles. The maximum atomic E-state index is 11.0. The highest BCUT2D eigenvalue weighted by Gasteiger charge is 2.13. The average molecular weight is 304 g/mol. The molecule has 0 saturated carbocycles. The first-order valence-corrected chi connectivity index (χ1v) is 7.12. The van der Waals surface area contributed by atoms with Crippen LogP contribution in [-0.4, -0.2) is 12.1 Å².